The highest BCUT2D eigenvalue weighted by Gasteiger charge is 2.45. The largest absolute Gasteiger partial charge is 0.507 e. The van der Waals surface area contributed by atoms with Crippen LogP contribution >= 0.6 is 0 Å². The van der Waals surface area contributed by atoms with Gasteiger partial charge in [0.25, 0.3) is 0 Å². The molecule has 8 nitrogen and oxygen atoms in total. The smallest absolute Gasteiger partial charge is 0.416 e. The van der Waals surface area contributed by atoms with Crippen LogP contribution in [0.3, 0.4) is 0 Å². The fourth-order valence-corrected chi connectivity index (χ4v) is 7.21. The van der Waals surface area contributed by atoms with Crippen molar-refractivity contribution in [3.05, 3.63) is 46.3 Å². The van der Waals surface area contributed by atoms with Gasteiger partial charge in [-0.2, -0.15) is 13.2 Å². The molecular formula is C30H42F3N5O3. The van der Waals surface area contributed by atoms with Crippen molar-refractivity contribution in [1.29, 1.82) is 0 Å². The lowest BCUT2D eigenvalue weighted by atomic mass is 9.61. The molecule has 1 aromatic carbocycles. The van der Waals surface area contributed by atoms with Gasteiger partial charge in [0.15, 0.2) is 0 Å². The number of nitrogens with two attached hydrogens (primary N) is 2. The summed E-state index contributed by atoms with van der Waals surface area (Å²) in [5, 5.41) is 20.0. The fraction of sp³-hybridized carbons (Fsp3) is 0.633. The van der Waals surface area contributed by atoms with Crippen molar-refractivity contribution in [3.63, 3.8) is 0 Å². The van der Waals surface area contributed by atoms with Gasteiger partial charge in [-0.3, -0.25) is 9.69 Å². The third-order valence-corrected chi connectivity index (χ3v) is 9.71. The van der Waals surface area contributed by atoms with Crippen molar-refractivity contribution in [2.45, 2.75) is 76.6 Å². The van der Waals surface area contributed by atoms with Crippen LogP contribution in [0, 0.1) is 5.41 Å². The number of carbonyl (C=O) groups excluding carboxylic acids is 1. The summed E-state index contributed by atoms with van der Waals surface area (Å²) in [6.45, 7) is 6.05. The van der Waals surface area contributed by atoms with Gasteiger partial charge >= 0.3 is 6.18 Å². The Morgan fingerprint density at radius 1 is 1.12 bits per heavy atom. The van der Waals surface area contributed by atoms with Crippen LogP contribution in [-0.2, 0) is 11.0 Å². The summed E-state index contributed by atoms with van der Waals surface area (Å²) in [5.41, 5.74) is 14.2. The Morgan fingerprint density at radius 3 is 2.46 bits per heavy atom. The number of aliphatic hydroxyl groups excluding tert-OH is 1. The number of rotatable bonds is 5. The summed E-state index contributed by atoms with van der Waals surface area (Å²) < 4.78 is 39.2. The molecule has 1 spiro atoms. The topological polar surface area (TPSA) is 119 Å². The van der Waals surface area contributed by atoms with Crippen LogP contribution in [0.1, 0.15) is 69.4 Å². The molecule has 0 bridgehead atoms. The van der Waals surface area contributed by atoms with Crippen molar-refractivity contribution in [2.75, 3.05) is 39.3 Å². The molecule has 3 aliphatic heterocycles. The van der Waals surface area contributed by atoms with Crippen molar-refractivity contribution < 1.29 is 28.2 Å². The van der Waals surface area contributed by atoms with E-state index in [-0.39, 0.29) is 34.7 Å². The summed E-state index contributed by atoms with van der Waals surface area (Å²) >= 11 is 0. The van der Waals surface area contributed by atoms with E-state index in [4.69, 9.17) is 11.5 Å². The number of phenols is 1. The molecule has 1 amide bonds. The van der Waals surface area contributed by atoms with Crippen molar-refractivity contribution in [3.8, 4) is 5.75 Å². The molecule has 1 unspecified atom stereocenters. The molecule has 226 valence electrons. The van der Waals surface area contributed by atoms with Gasteiger partial charge in [0.2, 0.25) is 5.91 Å². The van der Waals surface area contributed by atoms with Gasteiger partial charge in [0.05, 0.1) is 18.2 Å². The van der Waals surface area contributed by atoms with Crippen LogP contribution in [0.4, 0.5) is 13.2 Å². The summed E-state index contributed by atoms with van der Waals surface area (Å²) in [7, 11) is 0. The Morgan fingerprint density at radius 2 is 1.83 bits per heavy atom. The van der Waals surface area contributed by atoms with E-state index >= 15 is 0 Å². The number of allylic oxidation sites excluding steroid dienone is 2. The van der Waals surface area contributed by atoms with Crippen LogP contribution in [-0.4, -0.2) is 82.2 Å². The molecule has 3 fully saturated rings. The first-order chi connectivity index (χ1) is 19.4. The van der Waals surface area contributed by atoms with Crippen LogP contribution < -0.4 is 11.5 Å². The van der Waals surface area contributed by atoms with E-state index < -0.39 is 17.5 Å². The molecular weight excluding hydrogens is 535 g/mol. The van der Waals surface area contributed by atoms with Crippen LogP contribution in [0.2, 0.25) is 0 Å². The highest BCUT2D eigenvalue weighted by molar-refractivity contribution is 5.78. The van der Waals surface area contributed by atoms with Gasteiger partial charge in [0, 0.05) is 43.5 Å². The number of aromatic hydroxyl groups is 1. The number of phenolic OH excluding ortho intramolecular Hbond substituents is 1. The predicted octanol–water partition coefficient (Wildman–Crippen LogP) is 3.59. The third kappa shape index (κ3) is 6.16. The molecule has 41 heavy (non-hydrogen) atoms. The number of benzene rings is 1. The first kappa shape index (κ1) is 29.6. The van der Waals surface area contributed by atoms with E-state index in [1.165, 1.54) is 6.07 Å². The fourth-order valence-electron chi connectivity index (χ4n) is 7.21. The lowest BCUT2D eigenvalue weighted by Gasteiger charge is -2.50. The summed E-state index contributed by atoms with van der Waals surface area (Å²) in [5.74, 6) is 0.238. The zero-order valence-corrected chi connectivity index (χ0v) is 23.7. The zero-order chi connectivity index (χ0) is 29.5. The van der Waals surface area contributed by atoms with Crippen molar-refractivity contribution in [2.24, 2.45) is 16.9 Å². The van der Waals surface area contributed by atoms with Crippen LogP contribution in [0.15, 0.2) is 35.2 Å². The third-order valence-electron chi connectivity index (χ3n) is 9.71. The highest BCUT2D eigenvalue weighted by Crippen LogP contribution is 2.49. The molecule has 1 aliphatic carbocycles. The molecule has 5 rings (SSSR count). The maximum Gasteiger partial charge on any atom is 0.416 e. The van der Waals surface area contributed by atoms with Gasteiger partial charge in [-0.15, -0.1) is 0 Å². The van der Waals surface area contributed by atoms with E-state index in [1.807, 2.05) is 4.90 Å². The molecule has 6 N–H and O–H groups in total. The van der Waals surface area contributed by atoms with E-state index in [0.717, 1.165) is 89.3 Å². The number of nitrogens with zero attached hydrogens (tertiary/aromatic N) is 3. The Kier molecular flexibility index (Phi) is 8.22. The molecule has 3 heterocycles. The lowest BCUT2D eigenvalue weighted by molar-refractivity contribution is -0.139. The number of alkyl halides is 3. The summed E-state index contributed by atoms with van der Waals surface area (Å²) in [6.07, 6.45) is 2.36. The van der Waals surface area contributed by atoms with E-state index in [2.05, 4.69) is 9.80 Å². The van der Waals surface area contributed by atoms with Crippen LogP contribution in [0.25, 0.3) is 5.70 Å². The van der Waals surface area contributed by atoms with Crippen molar-refractivity contribution in [1.82, 2.24) is 14.7 Å². The van der Waals surface area contributed by atoms with Gasteiger partial charge in [-0.05, 0) is 99.6 Å². The van der Waals surface area contributed by atoms with Gasteiger partial charge < -0.3 is 31.5 Å². The first-order valence-corrected chi connectivity index (χ1v) is 14.7. The minimum atomic E-state index is -4.56. The minimum Gasteiger partial charge on any atom is -0.507 e. The number of piperidine rings is 2. The SMILES string of the molecule is C/C(C1=C(N)N(C2CCCN(CC(=O)N3CCC4(CC3)CC(O)C4)C2)CCC1)=C(/N)c1ccc(C(F)(F)F)cc1O. The van der Waals surface area contributed by atoms with Crippen LogP contribution in [0.5, 0.6) is 5.75 Å². The number of aliphatic hydroxyl groups is 1. The molecule has 11 heteroatoms. The molecule has 0 radical (unpaired) electrons. The first-order valence-electron chi connectivity index (χ1n) is 14.7. The molecule has 2 saturated heterocycles. The van der Waals surface area contributed by atoms with E-state index in [9.17, 15) is 28.2 Å². The van der Waals surface area contributed by atoms with E-state index in [0.29, 0.717) is 30.4 Å². The van der Waals surface area contributed by atoms with Gasteiger partial charge in [0.1, 0.15) is 11.6 Å². The number of amides is 1. The standard InChI is InChI=1S/C30H42F3N5O3/c1-19(27(34)24-7-6-20(14-25(24)40)30(31,32)33)23-5-3-11-38(28(23)35)21-4-2-10-36(17-21)18-26(41)37-12-8-29(9-13-37)15-22(39)16-29/h6-7,14,21-22,39-40H,2-5,8-13,15-18,34-35H2,1H3/b27-19-. The number of likely N-dealkylation sites (tertiary alicyclic amines) is 2. The number of halogens is 3. The summed E-state index contributed by atoms with van der Waals surface area (Å²) in [4.78, 5) is 19.5. The second kappa shape index (κ2) is 11.4. The average molecular weight is 578 g/mol. The quantitative estimate of drug-likeness (QED) is 0.422. The number of hydrogen-bond donors (Lipinski definition) is 4. The zero-order valence-electron chi connectivity index (χ0n) is 23.7. The second-order valence-electron chi connectivity index (χ2n) is 12.4. The van der Waals surface area contributed by atoms with E-state index in [1.54, 1.807) is 6.92 Å². The molecule has 1 aromatic rings. The Balaban J connectivity index is 1.24. The van der Waals surface area contributed by atoms with Crippen molar-refractivity contribution >= 4 is 11.6 Å². The molecule has 4 aliphatic rings. The highest BCUT2D eigenvalue weighted by atomic mass is 19.4. The predicted molar refractivity (Wildman–Crippen MR) is 150 cm³/mol. The minimum absolute atomic E-state index is 0.140. The number of hydrogen-bond acceptors (Lipinski definition) is 7. The lowest BCUT2D eigenvalue weighted by Crippen LogP contribution is -2.54. The molecule has 1 atom stereocenters. The Bertz CT molecular complexity index is 1210. The molecule has 1 saturated carbocycles. The normalized spacial score (nSPS) is 24.9. The maximum absolute atomic E-state index is 13.1. The Labute approximate surface area is 239 Å². The Hall–Kier alpha value is -2.92. The van der Waals surface area contributed by atoms with Gasteiger partial charge in [-0.25, -0.2) is 0 Å². The molecule has 0 aromatic heterocycles. The van der Waals surface area contributed by atoms with Gasteiger partial charge in [-0.1, -0.05) is 0 Å². The monoisotopic (exact) mass is 577 g/mol. The second-order valence-corrected chi connectivity index (χ2v) is 12.4. The number of carbonyl (C=O) groups is 1. The average Bonchev–Trinajstić information content (AvgIpc) is 2.91. The summed E-state index contributed by atoms with van der Waals surface area (Å²) in [6, 6.07) is 2.94. The maximum atomic E-state index is 13.1.